The highest BCUT2D eigenvalue weighted by Gasteiger charge is 2.36. The second-order valence-corrected chi connectivity index (χ2v) is 11.0. The smallest absolute Gasteiger partial charge is 0.220 e. The van der Waals surface area contributed by atoms with E-state index in [0.29, 0.717) is 48.4 Å². The maximum Gasteiger partial charge on any atom is 0.220 e. The molecule has 6 nitrogen and oxygen atoms in total. The molecular formula is C30H41ClN2O4. The van der Waals surface area contributed by atoms with Crippen LogP contribution in [-0.2, 0) is 22.4 Å². The third kappa shape index (κ3) is 7.05. The van der Waals surface area contributed by atoms with Crippen LogP contribution >= 0.6 is 11.6 Å². The molecule has 2 aromatic carbocycles. The van der Waals surface area contributed by atoms with E-state index in [-0.39, 0.29) is 11.5 Å². The highest BCUT2D eigenvalue weighted by atomic mass is 35.5. The van der Waals surface area contributed by atoms with Crippen LogP contribution in [0.3, 0.4) is 0 Å². The van der Waals surface area contributed by atoms with E-state index in [1.54, 1.807) is 12.1 Å². The van der Waals surface area contributed by atoms with Crippen molar-refractivity contribution in [3.8, 4) is 5.75 Å². The van der Waals surface area contributed by atoms with Crippen LogP contribution in [0.4, 0.5) is 0 Å². The van der Waals surface area contributed by atoms with Crippen LogP contribution in [-0.4, -0.2) is 60.4 Å². The van der Waals surface area contributed by atoms with Crippen molar-refractivity contribution in [1.82, 2.24) is 10.2 Å². The number of hydrogen-bond donors (Lipinski definition) is 2. The molecule has 2 N–H and O–H groups in total. The van der Waals surface area contributed by atoms with E-state index in [9.17, 15) is 9.90 Å². The Kier molecular flexibility index (Phi) is 9.51. The Morgan fingerprint density at radius 3 is 2.38 bits per heavy atom. The van der Waals surface area contributed by atoms with Gasteiger partial charge >= 0.3 is 0 Å². The van der Waals surface area contributed by atoms with Gasteiger partial charge in [-0.05, 0) is 80.4 Å². The third-order valence-corrected chi connectivity index (χ3v) is 7.75. The van der Waals surface area contributed by atoms with Gasteiger partial charge in [0.2, 0.25) is 5.91 Å². The van der Waals surface area contributed by atoms with Crippen molar-refractivity contribution >= 4 is 17.5 Å². The number of rotatable bonds is 9. The predicted octanol–water partition coefficient (Wildman–Crippen LogP) is 4.95. The minimum Gasteiger partial charge on any atom is -0.481 e. The summed E-state index contributed by atoms with van der Waals surface area (Å²) < 4.78 is 11.3. The molecule has 2 fully saturated rings. The summed E-state index contributed by atoms with van der Waals surface area (Å²) in [7, 11) is 0. The van der Waals surface area contributed by atoms with Crippen LogP contribution in [0.25, 0.3) is 0 Å². The number of carbonyl (C=O) groups excluding carboxylic acids is 1. The van der Waals surface area contributed by atoms with Gasteiger partial charge in [-0.2, -0.15) is 0 Å². The molecule has 7 heteroatoms. The highest BCUT2D eigenvalue weighted by molar-refractivity contribution is 6.32. The number of likely N-dealkylation sites (tertiary alicyclic amines) is 1. The molecule has 2 aromatic rings. The van der Waals surface area contributed by atoms with E-state index >= 15 is 0 Å². The number of carbonyl (C=O) groups is 1. The molecule has 2 aliphatic heterocycles. The standard InChI is InChI=1S/C28H35ClN2O4.C2H6/c1-28(17-34-18-28)35-25-9-8-22(15-23(25)29)27(33)24(16-31-10-4-5-11-31)30-26(32)14-19-12-20-6-2-3-7-21(20)13-19;1-2/h2-3,6-9,15,19,24,27,33H,4-5,10-14,16-18H2,1H3,(H,30,32);1-2H3. The van der Waals surface area contributed by atoms with Gasteiger partial charge in [-0.15, -0.1) is 0 Å². The van der Waals surface area contributed by atoms with Crippen molar-refractivity contribution < 1.29 is 19.4 Å². The molecule has 0 aromatic heterocycles. The molecule has 2 unspecified atom stereocenters. The molecule has 5 rings (SSSR count). The van der Waals surface area contributed by atoms with Gasteiger partial charge in [0.25, 0.3) is 0 Å². The molecule has 3 aliphatic rings. The molecule has 1 aliphatic carbocycles. The lowest BCUT2D eigenvalue weighted by molar-refractivity contribution is -0.149. The molecule has 2 atom stereocenters. The average Bonchev–Trinajstić information content (AvgIpc) is 3.54. The summed E-state index contributed by atoms with van der Waals surface area (Å²) in [6.07, 6.45) is 3.77. The van der Waals surface area contributed by atoms with Crippen molar-refractivity contribution in [3.05, 3.63) is 64.2 Å². The zero-order valence-electron chi connectivity index (χ0n) is 22.3. The monoisotopic (exact) mass is 528 g/mol. The van der Waals surface area contributed by atoms with Crippen molar-refractivity contribution in [1.29, 1.82) is 0 Å². The number of hydrogen-bond acceptors (Lipinski definition) is 5. The molecule has 0 spiro atoms. The third-order valence-electron chi connectivity index (χ3n) is 7.46. The van der Waals surface area contributed by atoms with Crippen molar-refractivity contribution in [2.24, 2.45) is 5.92 Å². The first kappa shape index (κ1) is 27.9. The number of halogens is 1. The number of benzene rings is 2. The summed E-state index contributed by atoms with van der Waals surface area (Å²) in [6.45, 7) is 9.65. The minimum absolute atomic E-state index is 0.00462. The van der Waals surface area contributed by atoms with Crippen molar-refractivity contribution in [2.45, 2.75) is 70.6 Å². The fourth-order valence-electron chi connectivity index (χ4n) is 5.52. The molecule has 0 bridgehead atoms. The zero-order valence-corrected chi connectivity index (χ0v) is 23.1. The van der Waals surface area contributed by atoms with Gasteiger partial charge in [-0.25, -0.2) is 0 Å². The number of nitrogens with zero attached hydrogens (tertiary/aromatic N) is 1. The Labute approximate surface area is 226 Å². The minimum atomic E-state index is -0.866. The maximum atomic E-state index is 13.1. The van der Waals surface area contributed by atoms with Gasteiger partial charge in [-0.1, -0.05) is 55.8 Å². The first-order valence-corrected chi connectivity index (χ1v) is 14.1. The van der Waals surface area contributed by atoms with Crippen molar-refractivity contribution in [2.75, 3.05) is 32.8 Å². The number of aliphatic hydroxyl groups excluding tert-OH is 1. The van der Waals surface area contributed by atoms with Crippen LogP contribution in [0.5, 0.6) is 5.75 Å². The first-order chi connectivity index (χ1) is 17.9. The van der Waals surface area contributed by atoms with Crippen LogP contribution in [0, 0.1) is 5.92 Å². The van der Waals surface area contributed by atoms with E-state index < -0.39 is 12.1 Å². The summed E-state index contributed by atoms with van der Waals surface area (Å²) >= 11 is 6.52. The van der Waals surface area contributed by atoms with Crippen LogP contribution < -0.4 is 10.1 Å². The SMILES string of the molecule is CC.CC1(Oc2ccc(C(O)C(CN3CCCC3)NC(=O)CC3Cc4ccccc4C3)cc2Cl)COC1. The second-order valence-electron chi connectivity index (χ2n) is 10.6. The highest BCUT2D eigenvalue weighted by Crippen LogP contribution is 2.34. The van der Waals surface area contributed by atoms with Crippen LogP contribution in [0.15, 0.2) is 42.5 Å². The maximum absolute atomic E-state index is 13.1. The van der Waals surface area contributed by atoms with Crippen LogP contribution in [0.1, 0.15) is 62.8 Å². The molecule has 2 heterocycles. The van der Waals surface area contributed by atoms with Gasteiger partial charge in [0, 0.05) is 13.0 Å². The zero-order chi connectivity index (χ0) is 26.4. The summed E-state index contributed by atoms with van der Waals surface area (Å²) in [4.78, 5) is 15.4. The predicted molar refractivity (Wildman–Crippen MR) is 147 cm³/mol. The number of fused-ring (bicyclic) bond motifs is 1. The fourth-order valence-corrected chi connectivity index (χ4v) is 5.75. The van der Waals surface area contributed by atoms with E-state index in [2.05, 4.69) is 34.5 Å². The van der Waals surface area contributed by atoms with Crippen LogP contribution in [0.2, 0.25) is 5.02 Å². The Balaban J connectivity index is 0.00000156. The second kappa shape index (κ2) is 12.6. The summed E-state index contributed by atoms with van der Waals surface area (Å²) in [6, 6.07) is 13.4. The molecular weight excluding hydrogens is 488 g/mol. The number of aliphatic hydroxyl groups is 1. The Hall–Kier alpha value is -2.12. The molecule has 2 saturated heterocycles. The summed E-state index contributed by atoms with van der Waals surface area (Å²) in [5.74, 6) is 0.879. The molecule has 0 radical (unpaired) electrons. The van der Waals surface area contributed by atoms with Crippen molar-refractivity contribution in [3.63, 3.8) is 0 Å². The van der Waals surface area contributed by atoms with Gasteiger partial charge < -0.3 is 24.8 Å². The van der Waals surface area contributed by atoms with E-state index in [0.717, 1.165) is 38.8 Å². The first-order valence-electron chi connectivity index (χ1n) is 13.7. The molecule has 202 valence electrons. The van der Waals surface area contributed by atoms with Gasteiger partial charge in [-0.3, -0.25) is 4.79 Å². The van der Waals surface area contributed by atoms with E-state index in [1.165, 1.54) is 11.1 Å². The number of nitrogens with one attached hydrogen (secondary N) is 1. The quantitative estimate of drug-likeness (QED) is 0.481. The van der Waals surface area contributed by atoms with Gasteiger partial charge in [0.1, 0.15) is 11.9 Å². The van der Waals surface area contributed by atoms with E-state index in [1.807, 2.05) is 26.8 Å². The lowest BCUT2D eigenvalue weighted by Gasteiger charge is -2.38. The Morgan fingerprint density at radius 1 is 1.16 bits per heavy atom. The fraction of sp³-hybridized carbons (Fsp3) is 0.567. The Morgan fingerprint density at radius 2 is 1.81 bits per heavy atom. The van der Waals surface area contributed by atoms with Gasteiger partial charge in [0.15, 0.2) is 5.60 Å². The van der Waals surface area contributed by atoms with Gasteiger partial charge in [0.05, 0.1) is 24.3 Å². The number of ether oxygens (including phenoxy) is 2. The number of amides is 1. The lowest BCUT2D eigenvalue weighted by Crippen LogP contribution is -2.51. The Bertz CT molecular complexity index is 1030. The average molecular weight is 529 g/mol. The molecule has 0 saturated carbocycles. The lowest BCUT2D eigenvalue weighted by atomic mass is 9.99. The molecule has 37 heavy (non-hydrogen) atoms. The normalized spacial score (nSPS) is 20.2. The summed E-state index contributed by atoms with van der Waals surface area (Å²) in [5.41, 5.74) is 3.00. The van der Waals surface area contributed by atoms with E-state index in [4.69, 9.17) is 21.1 Å². The summed E-state index contributed by atoms with van der Waals surface area (Å²) in [5, 5.41) is 15.0. The molecule has 1 amide bonds. The topological polar surface area (TPSA) is 71.0 Å². The largest absolute Gasteiger partial charge is 0.481 e.